The summed E-state index contributed by atoms with van der Waals surface area (Å²) in [6.45, 7) is 5.91. The smallest absolute Gasteiger partial charge is 0.313 e. The molecule has 0 radical (unpaired) electrons. The largest absolute Gasteiger partial charge is 0.348 e. The Morgan fingerprint density at radius 3 is 2.39 bits per heavy atom. The van der Waals surface area contributed by atoms with Crippen molar-refractivity contribution in [1.82, 2.24) is 9.62 Å². The quantitative estimate of drug-likeness (QED) is 0.626. The number of nitrogens with zero attached hydrogens (tertiary/aromatic N) is 1. The number of sulfonamides is 1. The van der Waals surface area contributed by atoms with Gasteiger partial charge < -0.3 is 10.6 Å². The van der Waals surface area contributed by atoms with Crippen LogP contribution in [0.1, 0.15) is 42.4 Å². The Kier molecular flexibility index (Phi) is 7.86. The number of carbonyl (C=O) groups excluding carboxylic acids is 2. The number of hydrogen-bond donors (Lipinski definition) is 2. The number of anilines is 1. The second kappa shape index (κ2) is 10.4. The van der Waals surface area contributed by atoms with Crippen LogP contribution in [0.4, 0.5) is 10.1 Å². The monoisotopic (exact) mass is 475 g/mol. The van der Waals surface area contributed by atoms with Crippen molar-refractivity contribution in [2.45, 2.75) is 57.4 Å². The van der Waals surface area contributed by atoms with Crippen LogP contribution < -0.4 is 10.6 Å². The third kappa shape index (κ3) is 6.17. The fourth-order valence-corrected chi connectivity index (χ4v) is 6.21. The fourth-order valence-electron chi connectivity index (χ4n) is 4.27. The van der Waals surface area contributed by atoms with Crippen molar-refractivity contribution in [1.29, 1.82) is 0 Å². The molecule has 0 aliphatic carbocycles. The second-order valence-electron chi connectivity index (χ2n) is 8.55. The van der Waals surface area contributed by atoms with E-state index >= 15 is 0 Å². The summed E-state index contributed by atoms with van der Waals surface area (Å²) in [6.07, 6.45) is 2.65. The predicted octanol–water partition coefficient (Wildman–Crippen LogP) is 3.44. The SMILES string of the molecule is Cc1cc(C)cc(NC(=O)C(=O)NCC[C@@H]2CCCCN2S(=O)(=O)c2ccc(F)cc2C)c1. The summed E-state index contributed by atoms with van der Waals surface area (Å²) in [5.74, 6) is -2.02. The number of amides is 2. The lowest BCUT2D eigenvalue weighted by atomic mass is 10.0. The van der Waals surface area contributed by atoms with Gasteiger partial charge in [0.1, 0.15) is 5.82 Å². The molecule has 2 aromatic rings. The Hall–Kier alpha value is -2.78. The fraction of sp³-hybridized carbons (Fsp3) is 0.417. The van der Waals surface area contributed by atoms with Gasteiger partial charge in [0, 0.05) is 24.8 Å². The summed E-state index contributed by atoms with van der Waals surface area (Å²) in [5, 5.41) is 5.18. The van der Waals surface area contributed by atoms with Crippen LogP contribution in [0.3, 0.4) is 0 Å². The van der Waals surface area contributed by atoms with Gasteiger partial charge in [-0.3, -0.25) is 9.59 Å². The van der Waals surface area contributed by atoms with E-state index < -0.39 is 27.7 Å². The van der Waals surface area contributed by atoms with E-state index in [4.69, 9.17) is 0 Å². The van der Waals surface area contributed by atoms with Crippen LogP contribution in [0.5, 0.6) is 0 Å². The van der Waals surface area contributed by atoms with E-state index in [0.29, 0.717) is 30.6 Å². The van der Waals surface area contributed by atoms with Crippen molar-refractivity contribution in [2.75, 3.05) is 18.4 Å². The standard InChI is InChI=1S/C24H30FN3O4S/c1-16-12-17(2)14-20(13-16)27-24(30)23(29)26-10-9-21-6-4-5-11-28(21)33(31,32)22-8-7-19(25)15-18(22)3/h7-8,12-15,21H,4-6,9-11H2,1-3H3,(H,26,29)(H,27,30)/t21-/m0/s1. The highest BCUT2D eigenvalue weighted by Crippen LogP contribution is 2.28. The average Bonchev–Trinajstić information content (AvgIpc) is 2.73. The zero-order chi connectivity index (χ0) is 24.2. The van der Waals surface area contributed by atoms with Crippen molar-refractivity contribution in [3.63, 3.8) is 0 Å². The summed E-state index contributed by atoms with van der Waals surface area (Å²) >= 11 is 0. The summed E-state index contributed by atoms with van der Waals surface area (Å²) in [4.78, 5) is 24.6. The van der Waals surface area contributed by atoms with Gasteiger partial charge >= 0.3 is 11.8 Å². The number of rotatable bonds is 6. The Labute approximate surface area is 194 Å². The van der Waals surface area contributed by atoms with E-state index in [1.165, 1.54) is 16.4 Å². The molecule has 1 heterocycles. The molecule has 9 heteroatoms. The molecule has 1 atom stereocenters. The van der Waals surface area contributed by atoms with Crippen LogP contribution in [0.15, 0.2) is 41.3 Å². The summed E-state index contributed by atoms with van der Waals surface area (Å²) in [7, 11) is -3.80. The molecule has 1 aliphatic heterocycles. The molecule has 0 saturated carbocycles. The minimum atomic E-state index is -3.80. The molecule has 1 saturated heterocycles. The predicted molar refractivity (Wildman–Crippen MR) is 125 cm³/mol. The lowest BCUT2D eigenvalue weighted by Gasteiger charge is -2.35. The van der Waals surface area contributed by atoms with Gasteiger partial charge in [-0.2, -0.15) is 4.31 Å². The first-order chi connectivity index (χ1) is 15.6. The topological polar surface area (TPSA) is 95.6 Å². The van der Waals surface area contributed by atoms with Crippen molar-refractivity contribution in [2.24, 2.45) is 0 Å². The third-order valence-electron chi connectivity index (χ3n) is 5.75. The van der Waals surface area contributed by atoms with Crippen LogP contribution in [0, 0.1) is 26.6 Å². The highest BCUT2D eigenvalue weighted by molar-refractivity contribution is 7.89. The Morgan fingerprint density at radius 1 is 1.03 bits per heavy atom. The number of nitrogens with one attached hydrogen (secondary N) is 2. The van der Waals surface area contributed by atoms with Gasteiger partial charge in [-0.1, -0.05) is 12.5 Å². The summed E-state index contributed by atoms with van der Waals surface area (Å²) in [5.41, 5.74) is 2.85. The molecule has 2 N–H and O–H groups in total. The van der Waals surface area contributed by atoms with Crippen molar-refractivity contribution < 1.29 is 22.4 Å². The molecule has 0 aromatic heterocycles. The lowest BCUT2D eigenvalue weighted by Crippen LogP contribution is -2.46. The third-order valence-corrected chi connectivity index (χ3v) is 7.86. The molecular weight excluding hydrogens is 445 g/mol. The maximum Gasteiger partial charge on any atom is 0.313 e. The molecule has 1 aliphatic rings. The van der Waals surface area contributed by atoms with E-state index in [1.54, 1.807) is 19.1 Å². The first-order valence-corrected chi connectivity index (χ1v) is 12.5. The van der Waals surface area contributed by atoms with Crippen LogP contribution in [0.25, 0.3) is 0 Å². The molecule has 0 bridgehead atoms. The molecule has 2 amide bonds. The number of aryl methyl sites for hydroxylation is 3. The van der Waals surface area contributed by atoms with Crippen LogP contribution in [-0.4, -0.2) is 43.7 Å². The van der Waals surface area contributed by atoms with E-state index in [-0.39, 0.29) is 17.5 Å². The summed E-state index contributed by atoms with van der Waals surface area (Å²) in [6, 6.07) is 8.86. The van der Waals surface area contributed by atoms with Crippen molar-refractivity contribution in [3.8, 4) is 0 Å². The Bertz CT molecular complexity index is 1130. The Morgan fingerprint density at radius 2 is 1.73 bits per heavy atom. The summed E-state index contributed by atoms with van der Waals surface area (Å²) < 4.78 is 41.4. The molecule has 3 rings (SSSR count). The van der Waals surface area contributed by atoms with Crippen molar-refractivity contribution >= 4 is 27.5 Å². The second-order valence-corrected chi connectivity index (χ2v) is 10.4. The van der Waals surface area contributed by atoms with Gasteiger partial charge in [-0.15, -0.1) is 0 Å². The van der Waals surface area contributed by atoms with Gasteiger partial charge in [0.15, 0.2) is 0 Å². The molecule has 7 nitrogen and oxygen atoms in total. The minimum Gasteiger partial charge on any atom is -0.348 e. The van der Waals surface area contributed by atoms with Crippen LogP contribution >= 0.6 is 0 Å². The zero-order valence-corrected chi connectivity index (χ0v) is 20.0. The van der Waals surface area contributed by atoms with Crippen LogP contribution in [-0.2, 0) is 19.6 Å². The molecule has 0 spiro atoms. The Balaban J connectivity index is 1.61. The molecule has 0 unspecified atom stereocenters. The molecule has 1 fully saturated rings. The number of carbonyl (C=O) groups is 2. The molecular formula is C24H30FN3O4S. The van der Waals surface area contributed by atoms with Gasteiger partial charge in [0.2, 0.25) is 10.0 Å². The first kappa shape index (κ1) is 24.9. The first-order valence-electron chi connectivity index (χ1n) is 11.0. The number of halogens is 1. The number of hydrogen-bond acceptors (Lipinski definition) is 4. The zero-order valence-electron chi connectivity index (χ0n) is 19.2. The molecule has 178 valence electrons. The lowest BCUT2D eigenvalue weighted by molar-refractivity contribution is -0.136. The van der Waals surface area contributed by atoms with Gasteiger partial charge in [-0.25, -0.2) is 12.8 Å². The molecule has 2 aromatic carbocycles. The van der Waals surface area contributed by atoms with Gasteiger partial charge in [-0.05, 0) is 87.1 Å². The molecule has 33 heavy (non-hydrogen) atoms. The average molecular weight is 476 g/mol. The number of piperidine rings is 1. The van der Waals surface area contributed by atoms with E-state index in [0.717, 1.165) is 30.0 Å². The van der Waals surface area contributed by atoms with E-state index in [2.05, 4.69) is 10.6 Å². The highest BCUT2D eigenvalue weighted by atomic mass is 32.2. The maximum absolute atomic E-state index is 13.5. The normalized spacial score (nSPS) is 16.9. The van der Waals surface area contributed by atoms with Gasteiger partial charge in [0.25, 0.3) is 0 Å². The van der Waals surface area contributed by atoms with Crippen molar-refractivity contribution in [3.05, 3.63) is 58.9 Å². The van der Waals surface area contributed by atoms with Crippen LogP contribution in [0.2, 0.25) is 0 Å². The minimum absolute atomic E-state index is 0.0904. The van der Waals surface area contributed by atoms with Gasteiger partial charge in [0.05, 0.1) is 4.90 Å². The van der Waals surface area contributed by atoms with E-state index in [1.807, 2.05) is 19.9 Å². The van der Waals surface area contributed by atoms with E-state index in [9.17, 15) is 22.4 Å². The number of benzene rings is 2. The maximum atomic E-state index is 13.5. The highest BCUT2D eigenvalue weighted by Gasteiger charge is 2.34.